The van der Waals surface area contributed by atoms with E-state index >= 15 is 0 Å². The quantitative estimate of drug-likeness (QED) is 0.765. The number of rotatable bonds is 4. The second-order valence-electron chi connectivity index (χ2n) is 4.90. The molecule has 0 unspecified atom stereocenters. The van der Waals surface area contributed by atoms with E-state index in [1.165, 1.54) is 12.4 Å². The van der Waals surface area contributed by atoms with Gasteiger partial charge in [0.1, 0.15) is 4.90 Å². The average molecular weight is 309 g/mol. The molecule has 8 heteroatoms. The van der Waals surface area contributed by atoms with Crippen LogP contribution in [0, 0.1) is 12.3 Å². The third kappa shape index (κ3) is 4.39. The summed E-state index contributed by atoms with van der Waals surface area (Å²) in [7, 11) is -3.75. The van der Waals surface area contributed by atoms with Gasteiger partial charge in [0.15, 0.2) is 0 Å². The Kier molecular flexibility index (Phi) is 5.12. The molecule has 0 saturated carbocycles. The van der Waals surface area contributed by atoms with E-state index in [9.17, 15) is 8.42 Å². The van der Waals surface area contributed by atoms with Crippen molar-refractivity contribution < 1.29 is 8.42 Å². The molecule has 0 bridgehead atoms. The maximum atomic E-state index is 11.2. The minimum atomic E-state index is -3.75. The molecule has 2 rings (SSSR count). The monoisotopic (exact) mass is 309 g/mol. The SMILES string of the molecule is C#CCCN1CCCN(c2ncc(S(N)(=O)=O)cn2)CC1. The largest absolute Gasteiger partial charge is 0.339 e. The topological polar surface area (TPSA) is 92.4 Å². The maximum Gasteiger partial charge on any atom is 0.241 e. The van der Waals surface area contributed by atoms with Crippen LogP contribution >= 0.6 is 0 Å². The van der Waals surface area contributed by atoms with Crippen molar-refractivity contribution in [2.24, 2.45) is 5.14 Å². The summed E-state index contributed by atoms with van der Waals surface area (Å²) < 4.78 is 22.4. The van der Waals surface area contributed by atoms with E-state index in [2.05, 4.69) is 20.8 Å². The number of terminal acetylenes is 1. The zero-order valence-electron chi connectivity index (χ0n) is 11.8. The van der Waals surface area contributed by atoms with Crippen molar-refractivity contribution in [3.05, 3.63) is 12.4 Å². The summed E-state index contributed by atoms with van der Waals surface area (Å²) >= 11 is 0. The Balaban J connectivity index is 2.01. The Morgan fingerprint density at radius 2 is 1.95 bits per heavy atom. The van der Waals surface area contributed by atoms with Gasteiger partial charge in [-0.3, -0.25) is 0 Å². The molecule has 7 nitrogen and oxygen atoms in total. The lowest BCUT2D eigenvalue weighted by atomic mass is 10.3. The zero-order chi connectivity index (χ0) is 15.3. The normalized spacial score (nSPS) is 17.2. The van der Waals surface area contributed by atoms with Crippen LogP contribution in [0.4, 0.5) is 5.95 Å². The van der Waals surface area contributed by atoms with E-state index in [1.54, 1.807) is 0 Å². The fraction of sp³-hybridized carbons (Fsp3) is 0.538. The van der Waals surface area contributed by atoms with Gasteiger partial charge in [-0.2, -0.15) is 0 Å². The molecule has 114 valence electrons. The molecule has 0 aliphatic carbocycles. The molecule has 1 aromatic rings. The van der Waals surface area contributed by atoms with Crippen LogP contribution in [-0.4, -0.2) is 56.0 Å². The van der Waals surface area contributed by atoms with Gasteiger partial charge < -0.3 is 9.80 Å². The molecule has 1 fully saturated rings. The van der Waals surface area contributed by atoms with Crippen LogP contribution in [0.5, 0.6) is 0 Å². The molecule has 1 aliphatic heterocycles. The Labute approximate surface area is 125 Å². The van der Waals surface area contributed by atoms with Crippen molar-refractivity contribution in [2.75, 3.05) is 37.6 Å². The van der Waals surface area contributed by atoms with E-state index in [0.29, 0.717) is 5.95 Å². The third-order valence-electron chi connectivity index (χ3n) is 3.39. The number of aromatic nitrogens is 2. The van der Waals surface area contributed by atoms with Crippen LogP contribution in [0.25, 0.3) is 0 Å². The van der Waals surface area contributed by atoms with Crippen molar-refractivity contribution in [3.8, 4) is 12.3 Å². The molecular formula is C13H19N5O2S. The Hall–Kier alpha value is -1.69. The molecule has 21 heavy (non-hydrogen) atoms. The highest BCUT2D eigenvalue weighted by atomic mass is 32.2. The van der Waals surface area contributed by atoms with Gasteiger partial charge in [-0.25, -0.2) is 23.5 Å². The molecular weight excluding hydrogens is 290 g/mol. The summed E-state index contributed by atoms with van der Waals surface area (Å²) in [5.74, 6) is 3.18. The van der Waals surface area contributed by atoms with Crippen molar-refractivity contribution in [3.63, 3.8) is 0 Å². The van der Waals surface area contributed by atoms with Gasteiger partial charge in [0.05, 0.1) is 12.4 Å². The molecule has 0 radical (unpaired) electrons. The summed E-state index contributed by atoms with van der Waals surface area (Å²) in [6.07, 6.45) is 9.52. The molecule has 1 saturated heterocycles. The van der Waals surface area contributed by atoms with Crippen molar-refractivity contribution in [1.29, 1.82) is 0 Å². The minimum Gasteiger partial charge on any atom is -0.339 e. The molecule has 2 N–H and O–H groups in total. The van der Waals surface area contributed by atoms with Crippen molar-refractivity contribution in [2.45, 2.75) is 17.7 Å². The van der Waals surface area contributed by atoms with Crippen LogP contribution in [0.1, 0.15) is 12.8 Å². The molecule has 1 aliphatic rings. The van der Waals surface area contributed by atoms with Gasteiger partial charge >= 0.3 is 0 Å². The van der Waals surface area contributed by atoms with Crippen molar-refractivity contribution in [1.82, 2.24) is 14.9 Å². The summed E-state index contributed by atoms with van der Waals surface area (Å²) in [5, 5.41) is 5.03. The fourth-order valence-electron chi connectivity index (χ4n) is 2.24. The summed E-state index contributed by atoms with van der Waals surface area (Å²) in [5.41, 5.74) is 0. The maximum absolute atomic E-state index is 11.2. The highest BCUT2D eigenvalue weighted by molar-refractivity contribution is 7.89. The van der Waals surface area contributed by atoms with Crippen LogP contribution in [0.2, 0.25) is 0 Å². The van der Waals surface area contributed by atoms with Gasteiger partial charge in [-0.15, -0.1) is 12.3 Å². The zero-order valence-corrected chi connectivity index (χ0v) is 12.6. The van der Waals surface area contributed by atoms with E-state index < -0.39 is 10.0 Å². The molecule has 0 aromatic carbocycles. The van der Waals surface area contributed by atoms with E-state index in [-0.39, 0.29) is 4.90 Å². The molecule has 0 spiro atoms. The lowest BCUT2D eigenvalue weighted by Crippen LogP contribution is -2.32. The highest BCUT2D eigenvalue weighted by Gasteiger charge is 2.17. The Morgan fingerprint density at radius 1 is 1.24 bits per heavy atom. The van der Waals surface area contributed by atoms with E-state index in [4.69, 9.17) is 11.6 Å². The average Bonchev–Trinajstić information content (AvgIpc) is 2.70. The number of nitrogens with zero attached hydrogens (tertiary/aromatic N) is 4. The van der Waals surface area contributed by atoms with Gasteiger partial charge in [-0.1, -0.05) is 0 Å². The van der Waals surface area contributed by atoms with Crippen molar-refractivity contribution >= 4 is 16.0 Å². The second kappa shape index (κ2) is 6.85. The third-order valence-corrected chi connectivity index (χ3v) is 4.25. The Bertz CT molecular complexity index is 608. The number of primary sulfonamides is 1. The summed E-state index contributed by atoms with van der Waals surface area (Å²) in [4.78, 5) is 12.5. The lowest BCUT2D eigenvalue weighted by molar-refractivity contribution is 0.301. The second-order valence-corrected chi connectivity index (χ2v) is 6.46. The van der Waals surface area contributed by atoms with Crippen LogP contribution in [0.15, 0.2) is 17.3 Å². The smallest absolute Gasteiger partial charge is 0.241 e. The fourth-order valence-corrected chi connectivity index (χ4v) is 2.64. The van der Waals surface area contributed by atoms with Gasteiger partial charge in [-0.05, 0) is 13.0 Å². The summed E-state index contributed by atoms with van der Waals surface area (Å²) in [6, 6.07) is 0. The number of sulfonamides is 1. The molecule has 0 atom stereocenters. The summed E-state index contributed by atoms with van der Waals surface area (Å²) in [6.45, 7) is 4.41. The minimum absolute atomic E-state index is 0.0725. The number of hydrogen-bond donors (Lipinski definition) is 1. The first kappa shape index (κ1) is 15.7. The van der Waals surface area contributed by atoms with Gasteiger partial charge in [0.2, 0.25) is 16.0 Å². The predicted octanol–water partition coefficient (Wildman–Crippen LogP) is -0.341. The van der Waals surface area contributed by atoms with Gasteiger partial charge in [0, 0.05) is 32.6 Å². The standard InChI is InChI=1S/C13H19N5O2S/c1-2-3-5-17-6-4-7-18(9-8-17)13-15-10-12(11-16-13)21(14,19)20/h1,10-11H,3-9H2,(H2,14,19,20). The first-order valence-electron chi connectivity index (χ1n) is 6.76. The van der Waals surface area contributed by atoms with Crippen LogP contribution in [0.3, 0.4) is 0 Å². The van der Waals surface area contributed by atoms with E-state index in [0.717, 1.165) is 45.6 Å². The first-order valence-corrected chi connectivity index (χ1v) is 8.31. The number of nitrogens with two attached hydrogens (primary N) is 1. The Morgan fingerprint density at radius 3 is 2.57 bits per heavy atom. The van der Waals surface area contributed by atoms with Crippen LogP contribution in [-0.2, 0) is 10.0 Å². The van der Waals surface area contributed by atoms with Gasteiger partial charge in [0.25, 0.3) is 0 Å². The lowest BCUT2D eigenvalue weighted by Gasteiger charge is -2.21. The molecule has 2 heterocycles. The molecule has 0 amide bonds. The number of anilines is 1. The highest BCUT2D eigenvalue weighted by Crippen LogP contribution is 2.12. The number of hydrogen-bond acceptors (Lipinski definition) is 6. The predicted molar refractivity (Wildman–Crippen MR) is 80.1 cm³/mol. The van der Waals surface area contributed by atoms with E-state index in [1.807, 2.05) is 4.90 Å². The molecule has 1 aromatic heterocycles. The van der Waals surface area contributed by atoms with Crippen LogP contribution < -0.4 is 10.0 Å². The first-order chi connectivity index (χ1) is 10.0.